The molecule has 0 amide bonds. The summed E-state index contributed by atoms with van der Waals surface area (Å²) in [7, 11) is 1.54. The van der Waals surface area contributed by atoms with Gasteiger partial charge >= 0.3 is 7.48 Å². The van der Waals surface area contributed by atoms with Crippen LogP contribution in [0.3, 0.4) is 0 Å². The highest BCUT2D eigenvalue weighted by molar-refractivity contribution is 6.47. The van der Waals surface area contributed by atoms with Crippen LogP contribution in [0.4, 0.5) is 4.39 Å². The molecule has 0 saturated carbocycles. The lowest BCUT2D eigenvalue weighted by molar-refractivity contribution is -0.0893. The minimum atomic E-state index is -0.986. The smallest absolute Gasteiger partial charge is 0.332 e. The zero-order chi connectivity index (χ0) is 15.0. The maximum absolute atomic E-state index is 13.2. The first-order valence-corrected chi connectivity index (χ1v) is 6.48. The summed E-state index contributed by atoms with van der Waals surface area (Å²) in [6, 6.07) is 6.25. The molecule has 105 valence electrons. The van der Waals surface area contributed by atoms with Crippen LogP contribution in [0, 0.1) is 5.82 Å². The molecule has 0 fully saturated rings. The van der Waals surface area contributed by atoms with Gasteiger partial charge in [-0.1, -0.05) is 6.07 Å². The molecule has 5 heteroatoms. The maximum Gasteiger partial charge on any atom is 0.332 e. The van der Waals surface area contributed by atoms with Crippen LogP contribution in [-0.2, 0) is 4.65 Å². The quantitative estimate of drug-likeness (QED) is 0.869. The Morgan fingerprint density at radius 3 is 2.55 bits per heavy atom. The zero-order valence-corrected chi connectivity index (χ0v) is 12.1. The Labute approximate surface area is 119 Å². The van der Waals surface area contributed by atoms with Crippen LogP contribution in [0.15, 0.2) is 30.5 Å². The molecule has 1 aromatic carbocycles. The third-order valence-corrected chi connectivity index (χ3v) is 3.63. The van der Waals surface area contributed by atoms with Gasteiger partial charge in [-0.2, -0.15) is 0 Å². The van der Waals surface area contributed by atoms with Crippen LogP contribution in [0.1, 0.15) is 27.7 Å². The van der Waals surface area contributed by atoms with E-state index in [0.717, 1.165) is 11.0 Å². The van der Waals surface area contributed by atoms with Crippen LogP contribution in [0.25, 0.3) is 10.9 Å². The molecule has 0 spiro atoms. The molecule has 0 saturated heterocycles. The van der Waals surface area contributed by atoms with E-state index in [4.69, 9.17) is 4.65 Å². The Kier molecular flexibility index (Phi) is 3.85. The molecular formula is C15H18BFNO2. The number of hydrogen-bond donors (Lipinski definition) is 1. The molecular weight excluding hydrogens is 256 g/mol. The summed E-state index contributed by atoms with van der Waals surface area (Å²) in [5, 5.41) is 10.7. The van der Waals surface area contributed by atoms with Gasteiger partial charge in [-0.25, -0.2) is 4.39 Å². The van der Waals surface area contributed by atoms with Gasteiger partial charge in [0.05, 0.1) is 16.7 Å². The van der Waals surface area contributed by atoms with Crippen molar-refractivity contribution in [3.05, 3.63) is 36.3 Å². The summed E-state index contributed by atoms with van der Waals surface area (Å²) in [5.74, 6) is -0.297. The van der Waals surface area contributed by atoms with Gasteiger partial charge in [0.1, 0.15) is 5.82 Å². The molecule has 0 aliphatic rings. The number of rotatable bonds is 4. The highest BCUT2D eigenvalue weighted by Gasteiger charge is 2.35. The van der Waals surface area contributed by atoms with Crippen molar-refractivity contribution in [1.29, 1.82) is 0 Å². The minimum absolute atomic E-state index is 0.297. The molecule has 0 unspecified atom stereocenters. The van der Waals surface area contributed by atoms with Crippen molar-refractivity contribution in [3.63, 3.8) is 0 Å². The monoisotopic (exact) mass is 274 g/mol. The zero-order valence-electron chi connectivity index (χ0n) is 12.1. The van der Waals surface area contributed by atoms with Gasteiger partial charge in [0, 0.05) is 11.6 Å². The second kappa shape index (κ2) is 5.15. The number of pyridine rings is 1. The van der Waals surface area contributed by atoms with Crippen molar-refractivity contribution < 1.29 is 14.2 Å². The van der Waals surface area contributed by atoms with Crippen molar-refractivity contribution >= 4 is 23.8 Å². The van der Waals surface area contributed by atoms with Crippen molar-refractivity contribution in [2.75, 3.05) is 0 Å². The van der Waals surface area contributed by atoms with E-state index in [9.17, 15) is 9.50 Å². The summed E-state index contributed by atoms with van der Waals surface area (Å²) in [4.78, 5) is 4.24. The molecule has 1 radical (unpaired) electrons. The highest BCUT2D eigenvalue weighted by Crippen LogP contribution is 2.24. The second-order valence-electron chi connectivity index (χ2n) is 5.91. The largest absolute Gasteiger partial charge is 0.427 e. The minimum Gasteiger partial charge on any atom is -0.427 e. The molecule has 1 N–H and O–H groups in total. The average Bonchev–Trinajstić information content (AvgIpc) is 2.34. The van der Waals surface area contributed by atoms with E-state index in [1.807, 2.05) is 0 Å². The number of benzene rings is 1. The lowest BCUT2D eigenvalue weighted by Crippen LogP contribution is -2.49. The Hall–Kier alpha value is -1.46. The average molecular weight is 274 g/mol. The van der Waals surface area contributed by atoms with E-state index in [1.165, 1.54) is 19.6 Å². The van der Waals surface area contributed by atoms with Crippen LogP contribution in [0.5, 0.6) is 0 Å². The fraction of sp³-hybridized carbons (Fsp3) is 0.400. The number of hydrogen-bond acceptors (Lipinski definition) is 3. The predicted octanol–water partition coefficient (Wildman–Crippen LogP) is 2.18. The van der Waals surface area contributed by atoms with Crippen molar-refractivity contribution in [2.45, 2.75) is 38.9 Å². The first kappa shape index (κ1) is 14.9. The summed E-state index contributed by atoms with van der Waals surface area (Å²) < 4.78 is 18.8. The molecule has 1 heterocycles. The van der Waals surface area contributed by atoms with E-state index in [-0.39, 0.29) is 5.82 Å². The van der Waals surface area contributed by atoms with E-state index >= 15 is 0 Å². The standard InChI is InChI=1S/C15H18BFNO2/c1-14(2,19)15(3,4)20-16-11-7-10-8-12(17)5-6-13(10)18-9-11/h5-9,19H,1-4H3. The number of nitrogens with zero attached hydrogens (tertiary/aromatic N) is 1. The molecule has 0 aliphatic carbocycles. The molecule has 3 nitrogen and oxygen atoms in total. The molecule has 0 atom stereocenters. The molecule has 2 rings (SSSR count). The van der Waals surface area contributed by atoms with Crippen LogP contribution >= 0.6 is 0 Å². The molecule has 20 heavy (non-hydrogen) atoms. The van der Waals surface area contributed by atoms with Crippen LogP contribution in [0.2, 0.25) is 0 Å². The summed E-state index contributed by atoms with van der Waals surface area (Å²) >= 11 is 0. The van der Waals surface area contributed by atoms with Crippen LogP contribution < -0.4 is 5.46 Å². The third kappa shape index (κ3) is 3.16. The second-order valence-corrected chi connectivity index (χ2v) is 5.91. The van der Waals surface area contributed by atoms with E-state index in [0.29, 0.717) is 5.39 Å². The molecule has 0 bridgehead atoms. The number of halogens is 1. The Morgan fingerprint density at radius 2 is 1.90 bits per heavy atom. The van der Waals surface area contributed by atoms with Crippen molar-refractivity contribution in [1.82, 2.24) is 4.98 Å². The normalized spacial score (nSPS) is 12.7. The fourth-order valence-corrected chi connectivity index (χ4v) is 1.54. The van der Waals surface area contributed by atoms with E-state index in [1.54, 1.807) is 46.0 Å². The van der Waals surface area contributed by atoms with Gasteiger partial charge in [0.2, 0.25) is 0 Å². The summed E-state index contributed by atoms with van der Waals surface area (Å²) in [6.45, 7) is 6.99. The van der Waals surface area contributed by atoms with Gasteiger partial charge in [-0.3, -0.25) is 4.98 Å². The highest BCUT2D eigenvalue weighted by atomic mass is 19.1. The summed E-state index contributed by atoms with van der Waals surface area (Å²) in [6.07, 6.45) is 1.65. The lowest BCUT2D eigenvalue weighted by Gasteiger charge is -2.37. The van der Waals surface area contributed by atoms with Crippen molar-refractivity contribution in [3.8, 4) is 0 Å². The predicted molar refractivity (Wildman–Crippen MR) is 78.6 cm³/mol. The van der Waals surface area contributed by atoms with Gasteiger partial charge in [-0.15, -0.1) is 0 Å². The van der Waals surface area contributed by atoms with E-state index in [2.05, 4.69) is 4.98 Å². The van der Waals surface area contributed by atoms with Gasteiger partial charge in [-0.05, 0) is 51.4 Å². The number of fused-ring (bicyclic) bond motifs is 1. The number of aliphatic hydroxyl groups is 1. The third-order valence-electron chi connectivity index (χ3n) is 3.63. The Balaban J connectivity index is 2.18. The molecule has 0 aliphatic heterocycles. The first-order valence-electron chi connectivity index (χ1n) is 6.48. The Morgan fingerprint density at radius 1 is 1.20 bits per heavy atom. The maximum atomic E-state index is 13.2. The van der Waals surface area contributed by atoms with Gasteiger partial charge < -0.3 is 9.76 Å². The molecule has 2 aromatic rings. The fourth-order valence-electron chi connectivity index (χ4n) is 1.54. The van der Waals surface area contributed by atoms with Crippen molar-refractivity contribution in [2.24, 2.45) is 0 Å². The first-order chi connectivity index (χ1) is 9.19. The van der Waals surface area contributed by atoms with Crippen LogP contribution in [-0.4, -0.2) is 28.8 Å². The topological polar surface area (TPSA) is 42.4 Å². The summed E-state index contributed by atoms with van der Waals surface area (Å²) in [5.41, 5.74) is -0.283. The van der Waals surface area contributed by atoms with E-state index < -0.39 is 11.2 Å². The molecule has 1 aromatic heterocycles. The SMILES string of the molecule is CC(C)(O)C(C)(C)O[B]c1cnc2ccc(F)cc2c1. The Bertz CT molecular complexity index is 623. The van der Waals surface area contributed by atoms with Gasteiger partial charge in [0.25, 0.3) is 0 Å². The lowest BCUT2D eigenvalue weighted by atomic mass is 9.83. The van der Waals surface area contributed by atoms with Gasteiger partial charge in [0.15, 0.2) is 0 Å². The number of aromatic nitrogens is 1.